The zero-order chi connectivity index (χ0) is 16.8. The average Bonchev–Trinajstić information content (AvgIpc) is 3.27. The van der Waals surface area contributed by atoms with Gasteiger partial charge in [0, 0.05) is 6.42 Å². The molecule has 2 aromatic heterocycles. The van der Waals surface area contributed by atoms with E-state index in [1.807, 2.05) is 41.8 Å². The molecule has 3 aromatic rings. The largest absolute Gasteiger partial charge is 0.334 e. The topological polar surface area (TPSA) is 68.0 Å². The normalized spacial score (nSPS) is 10.7. The molecule has 0 saturated heterocycles. The first-order valence-corrected chi connectivity index (χ1v) is 8.92. The molecule has 0 atom stereocenters. The van der Waals surface area contributed by atoms with Gasteiger partial charge in [0.15, 0.2) is 0 Å². The minimum Gasteiger partial charge on any atom is -0.334 e. The van der Waals surface area contributed by atoms with Gasteiger partial charge in [0.1, 0.15) is 0 Å². The predicted molar refractivity (Wildman–Crippen MR) is 95.8 cm³/mol. The third-order valence-corrected chi connectivity index (χ3v) is 4.47. The first-order chi connectivity index (χ1) is 11.8. The van der Waals surface area contributed by atoms with Crippen molar-refractivity contribution in [3.8, 4) is 22.2 Å². The summed E-state index contributed by atoms with van der Waals surface area (Å²) in [5, 5.41) is 8.94. The molecule has 0 aliphatic carbocycles. The smallest absolute Gasteiger partial charge is 0.260 e. The van der Waals surface area contributed by atoms with E-state index in [-0.39, 0.29) is 5.91 Å². The molecule has 0 spiro atoms. The number of aromatic nitrogens is 2. The highest BCUT2D eigenvalue weighted by Gasteiger charge is 2.15. The Bertz CT molecular complexity index is 796. The number of hydrogen-bond acceptors (Lipinski definition) is 5. The van der Waals surface area contributed by atoms with Gasteiger partial charge in [0.2, 0.25) is 11.7 Å². The van der Waals surface area contributed by atoms with Gasteiger partial charge < -0.3 is 9.84 Å². The number of carbonyl (C=O) groups excluding carboxylic acids is 1. The molecule has 1 amide bonds. The Morgan fingerprint density at radius 2 is 2.08 bits per heavy atom. The predicted octanol–water partition coefficient (Wildman–Crippen LogP) is 4.98. The van der Waals surface area contributed by atoms with Crippen LogP contribution in [0.5, 0.6) is 0 Å². The highest BCUT2D eigenvalue weighted by Crippen LogP contribution is 2.29. The number of nitrogens with zero attached hydrogens (tertiary/aromatic N) is 2. The molecule has 0 aliphatic rings. The van der Waals surface area contributed by atoms with Gasteiger partial charge in [-0.1, -0.05) is 43.1 Å². The van der Waals surface area contributed by atoms with Crippen molar-refractivity contribution >= 4 is 22.9 Å². The number of anilines is 1. The maximum absolute atomic E-state index is 12.1. The van der Waals surface area contributed by atoms with Crippen molar-refractivity contribution in [1.82, 2.24) is 10.1 Å². The second kappa shape index (κ2) is 7.88. The van der Waals surface area contributed by atoms with Gasteiger partial charge in [-0.2, -0.15) is 4.98 Å². The van der Waals surface area contributed by atoms with E-state index < -0.39 is 0 Å². The van der Waals surface area contributed by atoms with Crippen LogP contribution in [0.25, 0.3) is 22.2 Å². The van der Waals surface area contributed by atoms with Crippen LogP contribution >= 0.6 is 11.3 Å². The van der Waals surface area contributed by atoms with Crippen molar-refractivity contribution in [2.75, 3.05) is 5.32 Å². The summed E-state index contributed by atoms with van der Waals surface area (Å²) in [5.41, 5.74) is 1.43. The minimum atomic E-state index is 0.00824. The third kappa shape index (κ3) is 3.89. The average molecular weight is 341 g/mol. The number of hydrogen-bond donors (Lipinski definition) is 1. The number of carbonyl (C=O) groups is 1. The second-order valence-corrected chi connectivity index (χ2v) is 6.40. The summed E-state index contributed by atoms with van der Waals surface area (Å²) in [6.45, 7) is 2.12. The van der Waals surface area contributed by atoms with Crippen LogP contribution in [0.4, 0.5) is 5.69 Å². The second-order valence-electron chi connectivity index (χ2n) is 5.45. The fourth-order valence-corrected chi connectivity index (χ4v) is 3.01. The molecule has 6 heteroatoms. The van der Waals surface area contributed by atoms with E-state index in [9.17, 15) is 4.79 Å². The molecule has 1 N–H and O–H groups in total. The molecular weight excluding hydrogens is 322 g/mol. The summed E-state index contributed by atoms with van der Waals surface area (Å²) in [6.07, 6.45) is 3.57. The summed E-state index contributed by atoms with van der Waals surface area (Å²) < 4.78 is 5.39. The number of rotatable bonds is 7. The van der Waals surface area contributed by atoms with Crippen LogP contribution in [0.15, 0.2) is 46.3 Å². The molecule has 24 heavy (non-hydrogen) atoms. The van der Waals surface area contributed by atoms with Crippen LogP contribution in [0.1, 0.15) is 32.6 Å². The lowest BCUT2D eigenvalue weighted by atomic mass is 10.1. The van der Waals surface area contributed by atoms with Crippen molar-refractivity contribution < 1.29 is 9.32 Å². The van der Waals surface area contributed by atoms with Crippen LogP contribution in [-0.4, -0.2) is 16.0 Å². The van der Waals surface area contributed by atoms with E-state index in [4.69, 9.17) is 4.52 Å². The lowest BCUT2D eigenvalue weighted by molar-refractivity contribution is -0.116. The molecule has 0 radical (unpaired) electrons. The molecule has 0 saturated carbocycles. The number of unbranched alkanes of at least 4 members (excludes halogenated alkanes) is 2. The molecule has 0 fully saturated rings. The van der Waals surface area contributed by atoms with E-state index in [2.05, 4.69) is 22.4 Å². The van der Waals surface area contributed by atoms with E-state index in [0.717, 1.165) is 29.7 Å². The molecule has 0 unspecified atom stereocenters. The molecule has 124 valence electrons. The zero-order valence-electron chi connectivity index (χ0n) is 13.5. The van der Waals surface area contributed by atoms with E-state index in [1.165, 1.54) is 0 Å². The maximum Gasteiger partial charge on any atom is 0.260 e. The molecule has 0 bridgehead atoms. The fourth-order valence-electron chi connectivity index (χ4n) is 2.37. The quantitative estimate of drug-likeness (QED) is 0.615. The zero-order valence-corrected chi connectivity index (χ0v) is 14.3. The number of thiophene rings is 1. The molecule has 1 aromatic carbocycles. The fraction of sp³-hybridized carbons (Fsp3) is 0.278. The summed E-state index contributed by atoms with van der Waals surface area (Å²) >= 11 is 1.56. The van der Waals surface area contributed by atoms with Gasteiger partial charge in [0.05, 0.1) is 16.1 Å². The van der Waals surface area contributed by atoms with Crippen molar-refractivity contribution in [3.63, 3.8) is 0 Å². The number of nitrogens with one attached hydrogen (secondary N) is 1. The van der Waals surface area contributed by atoms with Crippen molar-refractivity contribution in [2.24, 2.45) is 0 Å². The molecule has 5 nitrogen and oxygen atoms in total. The Morgan fingerprint density at radius 3 is 2.88 bits per heavy atom. The molecular formula is C18H19N3O2S. The van der Waals surface area contributed by atoms with Gasteiger partial charge in [-0.3, -0.25) is 4.79 Å². The monoisotopic (exact) mass is 341 g/mol. The van der Waals surface area contributed by atoms with E-state index in [0.29, 0.717) is 23.8 Å². The summed E-state index contributed by atoms with van der Waals surface area (Å²) in [4.78, 5) is 17.5. The van der Waals surface area contributed by atoms with Crippen molar-refractivity contribution in [3.05, 3.63) is 41.8 Å². The van der Waals surface area contributed by atoms with Gasteiger partial charge in [0.25, 0.3) is 5.89 Å². The van der Waals surface area contributed by atoms with Crippen LogP contribution < -0.4 is 5.32 Å². The lowest BCUT2D eigenvalue weighted by Gasteiger charge is -2.08. The number of para-hydroxylation sites is 1. The Kier molecular flexibility index (Phi) is 5.38. The standard InChI is InChI=1S/C18H19N3O2S/c1-2-3-4-11-16(22)19-14-9-6-5-8-13(14)18-20-17(21-23-18)15-10-7-12-24-15/h5-10,12H,2-4,11H2,1H3,(H,19,22). The van der Waals surface area contributed by atoms with Crippen LogP contribution in [-0.2, 0) is 4.79 Å². The van der Waals surface area contributed by atoms with Gasteiger partial charge in [-0.15, -0.1) is 11.3 Å². The van der Waals surface area contributed by atoms with E-state index >= 15 is 0 Å². The highest BCUT2D eigenvalue weighted by molar-refractivity contribution is 7.13. The Morgan fingerprint density at radius 1 is 1.21 bits per heavy atom. The first kappa shape index (κ1) is 16.4. The Balaban J connectivity index is 1.78. The van der Waals surface area contributed by atoms with Crippen LogP contribution in [0.3, 0.4) is 0 Å². The molecule has 0 aliphatic heterocycles. The third-order valence-electron chi connectivity index (χ3n) is 3.61. The lowest BCUT2D eigenvalue weighted by Crippen LogP contribution is -2.11. The minimum absolute atomic E-state index is 0.00824. The Hall–Kier alpha value is -2.47. The SMILES string of the molecule is CCCCCC(=O)Nc1ccccc1-c1nc(-c2cccs2)no1. The first-order valence-electron chi connectivity index (χ1n) is 8.04. The van der Waals surface area contributed by atoms with E-state index in [1.54, 1.807) is 11.3 Å². The van der Waals surface area contributed by atoms with Crippen LogP contribution in [0, 0.1) is 0 Å². The Labute approximate surface area is 144 Å². The highest BCUT2D eigenvalue weighted by atomic mass is 32.1. The summed E-state index contributed by atoms with van der Waals surface area (Å²) in [7, 11) is 0. The maximum atomic E-state index is 12.1. The molecule has 2 heterocycles. The van der Waals surface area contributed by atoms with Gasteiger partial charge in [-0.25, -0.2) is 0 Å². The van der Waals surface area contributed by atoms with Crippen LogP contribution in [0.2, 0.25) is 0 Å². The van der Waals surface area contributed by atoms with Gasteiger partial charge >= 0.3 is 0 Å². The van der Waals surface area contributed by atoms with Crippen molar-refractivity contribution in [2.45, 2.75) is 32.6 Å². The molecule has 3 rings (SSSR count). The summed E-state index contributed by atoms with van der Waals surface area (Å²) in [5.74, 6) is 0.973. The number of benzene rings is 1. The number of amides is 1. The van der Waals surface area contributed by atoms with Crippen molar-refractivity contribution in [1.29, 1.82) is 0 Å². The summed E-state index contributed by atoms with van der Waals surface area (Å²) in [6, 6.07) is 11.4. The van der Waals surface area contributed by atoms with Gasteiger partial charge in [-0.05, 0) is 30.0 Å².